The lowest BCUT2D eigenvalue weighted by atomic mass is 10.0. The Morgan fingerprint density at radius 2 is 2.00 bits per heavy atom. The predicted molar refractivity (Wildman–Crippen MR) is 68.3 cm³/mol. The lowest BCUT2D eigenvalue weighted by Gasteiger charge is -2.15. The molecular weight excluding hydrogens is 224 g/mol. The van der Waals surface area contributed by atoms with Gasteiger partial charge in [0.2, 0.25) is 0 Å². The smallest absolute Gasteiger partial charge is 0.0769 e. The third-order valence-corrected chi connectivity index (χ3v) is 2.65. The van der Waals surface area contributed by atoms with Crippen molar-refractivity contribution in [1.82, 2.24) is 15.5 Å². The molecule has 2 rings (SSSR count). The first-order valence-corrected chi connectivity index (χ1v) is 5.82. The van der Waals surface area contributed by atoms with Gasteiger partial charge in [-0.15, -0.1) is 0 Å². The summed E-state index contributed by atoms with van der Waals surface area (Å²) >= 11 is 0. The fourth-order valence-electron chi connectivity index (χ4n) is 1.74. The van der Waals surface area contributed by atoms with Crippen molar-refractivity contribution in [3.63, 3.8) is 0 Å². The van der Waals surface area contributed by atoms with Gasteiger partial charge in [0.25, 0.3) is 0 Å². The quantitative estimate of drug-likeness (QED) is 0.867. The van der Waals surface area contributed by atoms with E-state index in [9.17, 15) is 0 Å². The van der Waals surface area contributed by atoms with E-state index in [1.165, 1.54) is 0 Å². The van der Waals surface area contributed by atoms with Gasteiger partial charge < -0.3 is 5.32 Å². The number of benzene rings is 1. The molecule has 1 aromatic heterocycles. The molecule has 1 atom stereocenters. The van der Waals surface area contributed by atoms with E-state index >= 15 is 0 Å². The molecule has 2 aromatic rings. The Morgan fingerprint density at radius 3 is 2.67 bits per heavy atom. The van der Waals surface area contributed by atoms with Crippen LogP contribution in [0.2, 0.25) is 0 Å². The number of aromatic nitrogens is 2. The highest BCUT2D eigenvalue weighted by molar-refractivity contribution is 5.20. The van der Waals surface area contributed by atoms with Gasteiger partial charge in [0.1, 0.15) is 0 Å². The van der Waals surface area contributed by atoms with Gasteiger partial charge in [0.05, 0.1) is 18.2 Å². The Hall–Kier alpha value is -2.25. The van der Waals surface area contributed by atoms with Crippen molar-refractivity contribution in [3.05, 3.63) is 59.9 Å². The average Bonchev–Trinajstić information content (AvgIpc) is 2.45. The highest BCUT2D eigenvalue weighted by Gasteiger charge is 2.10. The minimum atomic E-state index is 0.0261. The summed E-state index contributed by atoms with van der Waals surface area (Å²) in [4.78, 5) is 0. The zero-order valence-corrected chi connectivity index (χ0v) is 9.95. The van der Waals surface area contributed by atoms with Crippen molar-refractivity contribution in [3.8, 4) is 6.07 Å². The average molecular weight is 238 g/mol. The first-order valence-electron chi connectivity index (χ1n) is 5.82. The summed E-state index contributed by atoms with van der Waals surface area (Å²) in [6.07, 6.45) is 2.08. The number of nitrogens with one attached hydrogen (secondary N) is 1. The molecule has 0 spiro atoms. The summed E-state index contributed by atoms with van der Waals surface area (Å²) in [5.41, 5.74) is 1.99. The molecule has 0 radical (unpaired) electrons. The van der Waals surface area contributed by atoms with Crippen LogP contribution in [0.1, 0.15) is 23.7 Å². The summed E-state index contributed by atoms with van der Waals surface area (Å²) in [5, 5.41) is 20.0. The van der Waals surface area contributed by atoms with E-state index < -0.39 is 0 Å². The molecule has 0 aliphatic rings. The van der Waals surface area contributed by atoms with E-state index in [-0.39, 0.29) is 6.04 Å². The molecule has 0 bridgehead atoms. The second-order valence-corrected chi connectivity index (χ2v) is 3.92. The number of nitriles is 1. The first kappa shape index (κ1) is 12.2. The molecule has 1 heterocycles. The van der Waals surface area contributed by atoms with Crippen molar-refractivity contribution in [2.75, 3.05) is 0 Å². The maximum atomic E-state index is 8.88. The molecule has 4 heteroatoms. The molecule has 0 saturated carbocycles. The van der Waals surface area contributed by atoms with E-state index in [4.69, 9.17) is 5.26 Å². The van der Waals surface area contributed by atoms with Gasteiger partial charge in [-0.2, -0.15) is 15.5 Å². The van der Waals surface area contributed by atoms with Crippen molar-refractivity contribution >= 4 is 0 Å². The van der Waals surface area contributed by atoms with Crippen LogP contribution in [-0.4, -0.2) is 10.2 Å². The molecule has 18 heavy (non-hydrogen) atoms. The summed E-state index contributed by atoms with van der Waals surface area (Å²) < 4.78 is 0. The Kier molecular flexibility index (Phi) is 4.39. The summed E-state index contributed by atoms with van der Waals surface area (Å²) in [5.74, 6) is 0. The zero-order valence-electron chi connectivity index (χ0n) is 9.95. The SMILES string of the molecule is N#CCC(NCc1cccnn1)c1ccccc1. The van der Waals surface area contributed by atoms with Crippen molar-refractivity contribution in [1.29, 1.82) is 5.26 Å². The fraction of sp³-hybridized carbons (Fsp3) is 0.214. The Balaban J connectivity index is 2.02. The van der Waals surface area contributed by atoms with Crippen molar-refractivity contribution in [2.24, 2.45) is 0 Å². The van der Waals surface area contributed by atoms with Crippen LogP contribution >= 0.6 is 0 Å². The number of nitrogens with zero attached hydrogens (tertiary/aromatic N) is 3. The van der Waals surface area contributed by atoms with Gasteiger partial charge in [-0.05, 0) is 17.7 Å². The molecule has 1 aromatic carbocycles. The molecule has 90 valence electrons. The molecule has 1 unspecified atom stereocenters. The third kappa shape index (κ3) is 3.37. The topological polar surface area (TPSA) is 61.6 Å². The largest absolute Gasteiger partial charge is 0.303 e. The predicted octanol–water partition coefficient (Wildman–Crippen LogP) is 2.22. The normalized spacial score (nSPS) is 11.7. The van der Waals surface area contributed by atoms with Gasteiger partial charge in [-0.3, -0.25) is 0 Å². The Morgan fingerprint density at radius 1 is 1.17 bits per heavy atom. The summed E-state index contributed by atoms with van der Waals surface area (Å²) in [7, 11) is 0. The molecule has 4 nitrogen and oxygen atoms in total. The lowest BCUT2D eigenvalue weighted by molar-refractivity contribution is 0.534. The second-order valence-electron chi connectivity index (χ2n) is 3.92. The van der Waals surface area contributed by atoms with Crippen LogP contribution in [0.4, 0.5) is 0 Å². The zero-order chi connectivity index (χ0) is 12.6. The molecule has 1 N–H and O–H groups in total. The highest BCUT2D eigenvalue weighted by Crippen LogP contribution is 2.16. The monoisotopic (exact) mass is 238 g/mol. The van der Waals surface area contributed by atoms with Crippen LogP contribution in [0, 0.1) is 11.3 Å². The van der Waals surface area contributed by atoms with Crippen LogP contribution in [0.3, 0.4) is 0 Å². The third-order valence-electron chi connectivity index (χ3n) is 2.65. The number of hydrogen-bond acceptors (Lipinski definition) is 4. The van der Waals surface area contributed by atoms with E-state index in [2.05, 4.69) is 21.6 Å². The molecule has 0 saturated heterocycles. The van der Waals surface area contributed by atoms with E-state index in [0.29, 0.717) is 13.0 Å². The Labute approximate surface area is 106 Å². The molecule has 0 fully saturated rings. The van der Waals surface area contributed by atoms with Crippen LogP contribution in [-0.2, 0) is 6.54 Å². The van der Waals surface area contributed by atoms with Gasteiger partial charge in [-0.1, -0.05) is 30.3 Å². The minimum absolute atomic E-state index is 0.0261. The number of rotatable bonds is 5. The molecule has 0 aliphatic carbocycles. The van der Waals surface area contributed by atoms with E-state index in [1.807, 2.05) is 42.5 Å². The minimum Gasteiger partial charge on any atom is -0.303 e. The first-order chi connectivity index (χ1) is 8.90. The van der Waals surface area contributed by atoms with Crippen molar-refractivity contribution in [2.45, 2.75) is 19.0 Å². The molecule has 0 aliphatic heterocycles. The van der Waals surface area contributed by atoms with E-state index in [0.717, 1.165) is 11.3 Å². The molecular formula is C14H14N4. The fourth-order valence-corrected chi connectivity index (χ4v) is 1.74. The standard InChI is InChI=1S/C14H14N4/c15-9-8-14(12-5-2-1-3-6-12)16-11-13-7-4-10-17-18-13/h1-7,10,14,16H,8,11H2. The summed E-state index contributed by atoms with van der Waals surface area (Å²) in [6.45, 7) is 0.606. The van der Waals surface area contributed by atoms with Gasteiger partial charge in [0, 0.05) is 18.8 Å². The summed E-state index contributed by atoms with van der Waals surface area (Å²) in [6, 6.07) is 16.0. The maximum Gasteiger partial charge on any atom is 0.0769 e. The van der Waals surface area contributed by atoms with Gasteiger partial charge in [-0.25, -0.2) is 0 Å². The van der Waals surface area contributed by atoms with Crippen LogP contribution < -0.4 is 5.32 Å². The van der Waals surface area contributed by atoms with Crippen LogP contribution in [0.25, 0.3) is 0 Å². The molecule has 0 amide bonds. The van der Waals surface area contributed by atoms with Gasteiger partial charge in [0.15, 0.2) is 0 Å². The second kappa shape index (κ2) is 6.48. The lowest BCUT2D eigenvalue weighted by Crippen LogP contribution is -2.21. The van der Waals surface area contributed by atoms with Crippen LogP contribution in [0.5, 0.6) is 0 Å². The van der Waals surface area contributed by atoms with E-state index in [1.54, 1.807) is 6.20 Å². The number of hydrogen-bond donors (Lipinski definition) is 1. The van der Waals surface area contributed by atoms with Crippen LogP contribution in [0.15, 0.2) is 48.7 Å². The highest BCUT2D eigenvalue weighted by atomic mass is 15.1. The van der Waals surface area contributed by atoms with Gasteiger partial charge >= 0.3 is 0 Å². The Bertz CT molecular complexity index is 504. The van der Waals surface area contributed by atoms with Crippen molar-refractivity contribution < 1.29 is 0 Å². The maximum absolute atomic E-state index is 8.88.